The first-order valence-corrected chi connectivity index (χ1v) is 10.4. The molecule has 0 bridgehead atoms. The van der Waals surface area contributed by atoms with Crippen LogP contribution < -0.4 is 16.0 Å². The van der Waals surface area contributed by atoms with Gasteiger partial charge in [-0.05, 0) is 52.3 Å². The number of hydrogen-bond donors (Lipinski definition) is 3. The summed E-state index contributed by atoms with van der Waals surface area (Å²) in [6, 6.07) is 3.29. The zero-order valence-electron chi connectivity index (χ0n) is 17.7. The van der Waals surface area contributed by atoms with Gasteiger partial charge < -0.3 is 20.7 Å². The van der Waals surface area contributed by atoms with Gasteiger partial charge in [0.1, 0.15) is 11.4 Å². The molecule has 1 fully saturated rings. The number of halogens is 1. The molecule has 2 rings (SSSR count). The van der Waals surface area contributed by atoms with Gasteiger partial charge in [0.25, 0.3) is 0 Å². The highest BCUT2D eigenvalue weighted by molar-refractivity contribution is 6.30. The number of aromatic nitrogens is 1. The van der Waals surface area contributed by atoms with Crippen molar-refractivity contribution in [1.29, 1.82) is 0 Å². The second-order valence-corrected chi connectivity index (χ2v) is 8.64. The predicted molar refractivity (Wildman–Crippen MR) is 114 cm³/mol. The first-order valence-electron chi connectivity index (χ1n) is 10.0. The largest absolute Gasteiger partial charge is 0.444 e. The first-order chi connectivity index (χ1) is 14.1. The number of carbonyl (C=O) groups excluding carboxylic acids is 3. The van der Waals surface area contributed by atoms with Crippen LogP contribution in [0.1, 0.15) is 33.6 Å². The smallest absolute Gasteiger partial charge is 0.407 e. The Labute approximate surface area is 181 Å². The van der Waals surface area contributed by atoms with Crippen LogP contribution in [-0.4, -0.2) is 66.1 Å². The maximum absolute atomic E-state index is 12.4. The van der Waals surface area contributed by atoms with E-state index in [1.54, 1.807) is 32.9 Å². The molecule has 3 amide bonds. The van der Waals surface area contributed by atoms with E-state index < -0.39 is 11.7 Å². The number of anilines is 1. The lowest BCUT2D eigenvalue weighted by Crippen LogP contribution is -2.46. The topological polar surface area (TPSA) is 113 Å². The molecule has 2 heterocycles. The summed E-state index contributed by atoms with van der Waals surface area (Å²) in [5.74, 6) is -0.0205. The summed E-state index contributed by atoms with van der Waals surface area (Å²) >= 11 is 5.79. The standard InChI is InChI=1S/C20H30ClN5O4/c1-20(2,3)30-19(29)23-9-8-22-18(28)14-5-4-10-26(12-14)13-17(27)25-16-7-6-15(21)11-24-16/h6-7,11,14H,4-5,8-10,12-13H2,1-3H3,(H,22,28)(H,23,29)(H,24,25,27). The summed E-state index contributed by atoms with van der Waals surface area (Å²) in [4.78, 5) is 42.3. The van der Waals surface area contributed by atoms with Crippen LogP contribution in [-0.2, 0) is 14.3 Å². The average molecular weight is 440 g/mol. The summed E-state index contributed by atoms with van der Waals surface area (Å²) in [6.07, 6.45) is 2.56. The third kappa shape index (κ3) is 8.96. The highest BCUT2D eigenvalue weighted by atomic mass is 35.5. The van der Waals surface area contributed by atoms with Gasteiger partial charge in [-0.1, -0.05) is 11.6 Å². The molecular weight excluding hydrogens is 410 g/mol. The Morgan fingerprint density at radius 1 is 1.23 bits per heavy atom. The molecule has 0 radical (unpaired) electrons. The van der Waals surface area contributed by atoms with Crippen LogP contribution in [0, 0.1) is 5.92 Å². The fourth-order valence-corrected chi connectivity index (χ4v) is 3.17. The summed E-state index contributed by atoms with van der Waals surface area (Å²) in [7, 11) is 0. The van der Waals surface area contributed by atoms with Crippen LogP contribution in [0.2, 0.25) is 5.02 Å². The number of nitrogens with one attached hydrogen (secondary N) is 3. The molecule has 166 valence electrons. The van der Waals surface area contributed by atoms with Gasteiger partial charge in [-0.15, -0.1) is 0 Å². The number of amides is 3. The van der Waals surface area contributed by atoms with Gasteiger partial charge in [-0.2, -0.15) is 0 Å². The molecule has 1 aromatic heterocycles. The normalized spacial score (nSPS) is 17.1. The van der Waals surface area contributed by atoms with Gasteiger partial charge in [0.05, 0.1) is 17.5 Å². The van der Waals surface area contributed by atoms with Gasteiger partial charge in [0.15, 0.2) is 0 Å². The number of rotatable bonds is 7. The SMILES string of the molecule is CC(C)(C)OC(=O)NCCNC(=O)C1CCCN(CC(=O)Nc2ccc(Cl)cn2)C1. The van der Waals surface area contributed by atoms with E-state index in [4.69, 9.17) is 16.3 Å². The third-order valence-corrected chi connectivity index (χ3v) is 4.55. The van der Waals surface area contributed by atoms with Gasteiger partial charge in [-0.3, -0.25) is 14.5 Å². The Morgan fingerprint density at radius 3 is 2.63 bits per heavy atom. The quantitative estimate of drug-likeness (QED) is 0.560. The minimum Gasteiger partial charge on any atom is -0.444 e. The van der Waals surface area contributed by atoms with Crippen LogP contribution in [0.4, 0.5) is 10.6 Å². The fourth-order valence-electron chi connectivity index (χ4n) is 3.06. The number of pyridine rings is 1. The lowest BCUT2D eigenvalue weighted by Gasteiger charge is -2.31. The van der Waals surface area contributed by atoms with Crippen LogP contribution in [0.25, 0.3) is 0 Å². The molecule has 30 heavy (non-hydrogen) atoms. The van der Waals surface area contributed by atoms with E-state index >= 15 is 0 Å². The van der Waals surface area contributed by atoms with Gasteiger partial charge in [-0.25, -0.2) is 9.78 Å². The molecule has 10 heteroatoms. The number of carbonyl (C=O) groups is 3. The summed E-state index contributed by atoms with van der Waals surface area (Å²) in [5, 5.41) is 8.66. The molecule has 1 aromatic rings. The Morgan fingerprint density at radius 2 is 1.97 bits per heavy atom. The number of ether oxygens (including phenoxy) is 1. The van der Waals surface area contributed by atoms with Crippen molar-refractivity contribution < 1.29 is 19.1 Å². The second-order valence-electron chi connectivity index (χ2n) is 8.20. The van der Waals surface area contributed by atoms with E-state index in [-0.39, 0.29) is 30.8 Å². The van der Waals surface area contributed by atoms with Crippen LogP contribution in [0.3, 0.4) is 0 Å². The lowest BCUT2D eigenvalue weighted by atomic mass is 9.97. The average Bonchev–Trinajstić information content (AvgIpc) is 2.65. The Hall–Kier alpha value is -2.39. The number of hydrogen-bond acceptors (Lipinski definition) is 6. The molecule has 1 aliphatic heterocycles. The van der Waals surface area contributed by atoms with Crippen LogP contribution >= 0.6 is 11.6 Å². The number of likely N-dealkylation sites (tertiary alicyclic amines) is 1. The van der Waals surface area contributed by atoms with Crippen molar-refractivity contribution in [3.8, 4) is 0 Å². The summed E-state index contributed by atoms with van der Waals surface area (Å²) in [5.41, 5.74) is -0.561. The third-order valence-electron chi connectivity index (χ3n) is 4.33. The number of alkyl carbamates (subject to hydrolysis) is 1. The van der Waals surface area contributed by atoms with Crippen molar-refractivity contribution in [2.75, 3.05) is 38.0 Å². The molecule has 9 nitrogen and oxygen atoms in total. The van der Waals surface area contributed by atoms with Crippen molar-refractivity contribution in [1.82, 2.24) is 20.5 Å². The molecule has 0 spiro atoms. The molecule has 0 saturated carbocycles. The minimum atomic E-state index is -0.561. The van der Waals surface area contributed by atoms with Crippen LogP contribution in [0.5, 0.6) is 0 Å². The molecule has 0 aliphatic carbocycles. The van der Waals surface area contributed by atoms with Crippen molar-refractivity contribution in [2.24, 2.45) is 5.92 Å². The van der Waals surface area contributed by atoms with Gasteiger partial charge in [0, 0.05) is 25.8 Å². The van der Waals surface area contributed by atoms with E-state index in [1.165, 1.54) is 6.20 Å². The highest BCUT2D eigenvalue weighted by Gasteiger charge is 2.26. The molecular formula is C20H30ClN5O4. The summed E-state index contributed by atoms with van der Waals surface area (Å²) < 4.78 is 5.14. The molecule has 1 atom stereocenters. The zero-order chi connectivity index (χ0) is 22.1. The first kappa shape index (κ1) is 23.9. The minimum absolute atomic E-state index is 0.0783. The molecule has 1 unspecified atom stereocenters. The number of piperidine rings is 1. The lowest BCUT2D eigenvalue weighted by molar-refractivity contribution is -0.127. The molecule has 3 N–H and O–H groups in total. The van der Waals surface area contributed by atoms with E-state index in [1.807, 2.05) is 4.90 Å². The van der Waals surface area contributed by atoms with E-state index in [9.17, 15) is 14.4 Å². The molecule has 1 saturated heterocycles. The fraction of sp³-hybridized carbons (Fsp3) is 0.600. The van der Waals surface area contributed by atoms with Crippen molar-refractivity contribution >= 4 is 35.3 Å². The Balaban J connectivity index is 1.69. The van der Waals surface area contributed by atoms with Gasteiger partial charge >= 0.3 is 6.09 Å². The maximum atomic E-state index is 12.4. The van der Waals surface area contributed by atoms with Crippen molar-refractivity contribution in [3.63, 3.8) is 0 Å². The van der Waals surface area contributed by atoms with E-state index in [0.29, 0.717) is 23.9 Å². The van der Waals surface area contributed by atoms with Crippen molar-refractivity contribution in [2.45, 2.75) is 39.2 Å². The zero-order valence-corrected chi connectivity index (χ0v) is 18.4. The second kappa shape index (κ2) is 11.1. The van der Waals surface area contributed by atoms with Crippen molar-refractivity contribution in [3.05, 3.63) is 23.4 Å². The summed E-state index contributed by atoms with van der Waals surface area (Å²) in [6.45, 7) is 7.41. The Bertz CT molecular complexity index is 736. The monoisotopic (exact) mass is 439 g/mol. The molecule has 1 aliphatic rings. The molecule has 0 aromatic carbocycles. The van der Waals surface area contributed by atoms with E-state index in [0.717, 1.165) is 19.4 Å². The van der Waals surface area contributed by atoms with Gasteiger partial charge in [0.2, 0.25) is 11.8 Å². The highest BCUT2D eigenvalue weighted by Crippen LogP contribution is 2.17. The predicted octanol–water partition coefficient (Wildman–Crippen LogP) is 2.03. The number of nitrogens with zero attached hydrogens (tertiary/aromatic N) is 2. The Kier molecular flexibility index (Phi) is 8.86. The maximum Gasteiger partial charge on any atom is 0.407 e. The van der Waals surface area contributed by atoms with Crippen LogP contribution in [0.15, 0.2) is 18.3 Å². The van der Waals surface area contributed by atoms with E-state index in [2.05, 4.69) is 20.9 Å².